The van der Waals surface area contributed by atoms with Crippen LogP contribution >= 0.6 is 0 Å². The molecule has 0 spiro atoms. The van der Waals surface area contributed by atoms with E-state index in [1.165, 1.54) is 32.1 Å². The second-order valence-electron chi connectivity index (χ2n) is 13.5. The third kappa shape index (κ3) is 8.81. The van der Waals surface area contributed by atoms with Crippen LogP contribution in [0, 0.1) is 5.92 Å². The lowest BCUT2D eigenvalue weighted by molar-refractivity contribution is -0.122. The number of ether oxygens (including phenoxy) is 5. The molecule has 234 valence electrons. The van der Waals surface area contributed by atoms with E-state index in [9.17, 15) is 0 Å². The maximum Gasteiger partial charge on any atom is 0.503 e. The van der Waals surface area contributed by atoms with Gasteiger partial charge in [0.25, 0.3) is 0 Å². The van der Waals surface area contributed by atoms with E-state index in [0.717, 1.165) is 109 Å². The summed E-state index contributed by atoms with van der Waals surface area (Å²) >= 11 is 0. The lowest BCUT2D eigenvalue weighted by Gasteiger charge is -2.48. The van der Waals surface area contributed by atoms with Gasteiger partial charge in [-0.3, -0.25) is 0 Å². The number of epoxide rings is 1. The van der Waals surface area contributed by atoms with E-state index in [0.29, 0.717) is 6.61 Å². The molecule has 0 aromatic rings. The summed E-state index contributed by atoms with van der Waals surface area (Å²) in [5.41, 5.74) is 0.114. The van der Waals surface area contributed by atoms with E-state index in [1.54, 1.807) is 21.3 Å². The van der Waals surface area contributed by atoms with Crippen molar-refractivity contribution in [2.45, 2.75) is 117 Å². The van der Waals surface area contributed by atoms with Crippen molar-refractivity contribution < 1.29 is 37.0 Å². The Morgan fingerprint density at radius 2 is 1.38 bits per heavy atom. The predicted molar refractivity (Wildman–Crippen MR) is 169 cm³/mol. The van der Waals surface area contributed by atoms with E-state index in [-0.39, 0.29) is 39.3 Å². The molecule has 4 heterocycles. The van der Waals surface area contributed by atoms with Crippen molar-refractivity contribution >= 4 is 39.5 Å². The minimum absolute atomic E-state index is 0.0603. The summed E-state index contributed by atoms with van der Waals surface area (Å²) in [6.45, 7) is 4.06. The maximum atomic E-state index is 6.86. The molecular formula is C28H58O8Si4. The molecule has 8 nitrogen and oxygen atoms in total. The summed E-state index contributed by atoms with van der Waals surface area (Å²) < 4.78 is 50.8. The van der Waals surface area contributed by atoms with Crippen molar-refractivity contribution in [3.05, 3.63) is 0 Å². The highest BCUT2D eigenvalue weighted by Crippen LogP contribution is 2.46. The van der Waals surface area contributed by atoms with Gasteiger partial charge in [-0.05, 0) is 83.5 Å². The first-order valence-corrected chi connectivity index (χ1v) is 20.8. The molecule has 12 heteroatoms. The zero-order chi connectivity index (χ0) is 28.7. The lowest BCUT2D eigenvalue weighted by Crippen LogP contribution is -2.56. The Morgan fingerprint density at radius 3 is 1.88 bits per heavy atom. The second kappa shape index (κ2) is 15.0. The minimum Gasteiger partial charge on any atom is -0.380 e. The molecule has 0 amide bonds. The quantitative estimate of drug-likeness (QED) is 0.184. The number of hydrogen-bond donors (Lipinski definition) is 0. The van der Waals surface area contributed by atoms with Crippen LogP contribution < -0.4 is 0 Å². The van der Waals surface area contributed by atoms with Crippen LogP contribution in [-0.2, 0) is 37.0 Å². The Morgan fingerprint density at radius 1 is 0.800 bits per heavy atom. The second-order valence-corrected chi connectivity index (χ2v) is 22.0. The first-order valence-electron chi connectivity index (χ1n) is 16.0. The molecule has 0 N–H and O–H groups in total. The van der Waals surface area contributed by atoms with E-state index < -0.39 is 8.80 Å². The summed E-state index contributed by atoms with van der Waals surface area (Å²) in [5, 5.41) is -0.149. The first kappa shape index (κ1) is 33.4. The van der Waals surface area contributed by atoms with E-state index in [1.807, 2.05) is 0 Å². The monoisotopic (exact) mass is 634 g/mol. The Balaban J connectivity index is 1.64. The molecule has 7 atom stereocenters. The van der Waals surface area contributed by atoms with Crippen LogP contribution in [0.2, 0.25) is 5.54 Å². The van der Waals surface area contributed by atoms with Gasteiger partial charge in [0.05, 0.1) is 24.5 Å². The number of rotatable bonds is 16. The lowest BCUT2D eigenvalue weighted by atomic mass is 9.82. The SMILES string of the molecule is CO[Si](OC)(OC)C(CC(C(CCC1([SiH3])CCCCO1)OCC1CO1)C1([SiH3])CCCCO1)CC1([SiH3])CCCCO1. The maximum absolute atomic E-state index is 6.86. The fourth-order valence-corrected chi connectivity index (χ4v) is 13.8. The minimum atomic E-state index is -2.98. The molecule has 0 aliphatic carbocycles. The highest BCUT2D eigenvalue weighted by Gasteiger charge is 2.54. The molecule has 7 unspecified atom stereocenters. The van der Waals surface area contributed by atoms with Crippen LogP contribution in [0.15, 0.2) is 0 Å². The standard InChI is InChI=1S/C28H58O8Si4/c1-29-40(30-2,31-3)23(19-27(38)12-5-8-16-35-27)18-24(28(39)13-6-9-17-36-28)25(33-21-22-20-32-22)10-14-26(37)11-4-7-15-34-26/h22-25H,4-21H2,1-3,37-39H3. The largest absolute Gasteiger partial charge is 0.503 e. The Bertz CT molecular complexity index is 742. The average molecular weight is 635 g/mol. The van der Waals surface area contributed by atoms with Crippen LogP contribution in [-0.4, -0.2) is 122 Å². The van der Waals surface area contributed by atoms with Gasteiger partial charge in [0.1, 0.15) is 6.10 Å². The van der Waals surface area contributed by atoms with Crippen LogP contribution in [0.4, 0.5) is 0 Å². The van der Waals surface area contributed by atoms with Gasteiger partial charge < -0.3 is 37.0 Å². The predicted octanol–water partition coefficient (Wildman–Crippen LogP) is 0.982. The normalized spacial score (nSPS) is 35.9. The van der Waals surface area contributed by atoms with Crippen molar-refractivity contribution in [2.24, 2.45) is 5.92 Å². The van der Waals surface area contributed by atoms with Crippen molar-refractivity contribution in [3.63, 3.8) is 0 Å². The van der Waals surface area contributed by atoms with Crippen LogP contribution in [0.3, 0.4) is 0 Å². The Kier molecular flexibility index (Phi) is 12.6. The third-order valence-electron chi connectivity index (χ3n) is 10.3. The molecule has 0 radical (unpaired) electrons. The fraction of sp³-hybridized carbons (Fsp3) is 1.00. The summed E-state index contributed by atoms with van der Waals surface area (Å²) in [7, 11) is 5.30. The smallest absolute Gasteiger partial charge is 0.380 e. The highest BCUT2D eigenvalue weighted by atomic mass is 28.4. The Hall–Kier alpha value is 0.548. The van der Waals surface area contributed by atoms with Crippen molar-refractivity contribution in [3.8, 4) is 0 Å². The van der Waals surface area contributed by atoms with Crippen LogP contribution in [0.1, 0.15) is 83.5 Å². The zero-order valence-corrected chi connectivity index (χ0v) is 33.3. The van der Waals surface area contributed by atoms with E-state index >= 15 is 0 Å². The van der Waals surface area contributed by atoms with Crippen LogP contribution in [0.25, 0.3) is 0 Å². The highest BCUT2D eigenvalue weighted by molar-refractivity contribution is 6.62. The molecule has 0 bridgehead atoms. The summed E-state index contributed by atoms with van der Waals surface area (Å²) in [5.74, 6) is 0.234. The van der Waals surface area contributed by atoms with Crippen molar-refractivity contribution in [1.29, 1.82) is 0 Å². The Labute approximate surface area is 253 Å². The van der Waals surface area contributed by atoms with Gasteiger partial charge in [-0.2, -0.15) is 0 Å². The van der Waals surface area contributed by atoms with Gasteiger partial charge in [0, 0.05) is 93.8 Å². The average Bonchev–Trinajstić information content (AvgIpc) is 3.79. The molecule has 0 saturated carbocycles. The molecule has 0 aromatic carbocycles. The van der Waals surface area contributed by atoms with Gasteiger partial charge in [0.15, 0.2) is 0 Å². The van der Waals surface area contributed by atoms with Crippen molar-refractivity contribution in [1.82, 2.24) is 0 Å². The van der Waals surface area contributed by atoms with Gasteiger partial charge in [-0.1, -0.05) is 0 Å². The van der Waals surface area contributed by atoms with Crippen molar-refractivity contribution in [2.75, 3.05) is 54.4 Å². The topological polar surface area (TPSA) is 77.1 Å². The third-order valence-corrected chi connectivity index (χ3v) is 17.4. The fourth-order valence-electron chi connectivity index (χ4n) is 7.56. The first-order chi connectivity index (χ1) is 19.2. The molecule has 0 aromatic heterocycles. The van der Waals surface area contributed by atoms with Crippen LogP contribution in [0.5, 0.6) is 0 Å². The molecular weight excluding hydrogens is 577 g/mol. The molecule has 40 heavy (non-hydrogen) atoms. The molecule has 4 aliphatic rings. The molecule has 4 aliphatic heterocycles. The van der Waals surface area contributed by atoms with Gasteiger partial charge >= 0.3 is 8.80 Å². The zero-order valence-electron chi connectivity index (χ0n) is 26.3. The molecule has 4 saturated heterocycles. The number of hydrogen-bond acceptors (Lipinski definition) is 8. The van der Waals surface area contributed by atoms with Gasteiger partial charge in [-0.15, -0.1) is 0 Å². The molecule has 4 rings (SSSR count). The van der Waals surface area contributed by atoms with Gasteiger partial charge in [0.2, 0.25) is 0 Å². The summed E-state index contributed by atoms with van der Waals surface area (Å²) in [6, 6.07) is 0. The van der Waals surface area contributed by atoms with E-state index in [2.05, 4.69) is 0 Å². The summed E-state index contributed by atoms with van der Waals surface area (Å²) in [6.07, 6.45) is 14.8. The summed E-state index contributed by atoms with van der Waals surface area (Å²) in [4.78, 5) is 0. The van der Waals surface area contributed by atoms with E-state index in [4.69, 9.17) is 37.0 Å². The molecule has 4 fully saturated rings. The van der Waals surface area contributed by atoms with Gasteiger partial charge in [-0.25, -0.2) is 0 Å².